The van der Waals surface area contributed by atoms with E-state index in [9.17, 15) is 0 Å². The van der Waals surface area contributed by atoms with Crippen molar-refractivity contribution in [3.63, 3.8) is 0 Å². The van der Waals surface area contributed by atoms with Crippen molar-refractivity contribution in [2.24, 2.45) is 0 Å². The molecular weight excluding hydrogens is 238 g/mol. The van der Waals surface area contributed by atoms with E-state index in [2.05, 4.69) is 16.4 Å². The first kappa shape index (κ1) is 13.2. The molecular formula is C15H19N3O. The zero-order chi connectivity index (χ0) is 13.5. The molecule has 0 aliphatic carbocycles. The SMILES string of the molecule is CCOc1cc(N)cc(NCCc2cccnc2)c1. The van der Waals surface area contributed by atoms with E-state index in [0.29, 0.717) is 12.3 Å². The number of hydrogen-bond acceptors (Lipinski definition) is 4. The van der Waals surface area contributed by atoms with Crippen LogP contribution in [-0.2, 0) is 6.42 Å². The number of nitrogens with one attached hydrogen (secondary N) is 1. The first-order valence-electron chi connectivity index (χ1n) is 6.44. The summed E-state index contributed by atoms with van der Waals surface area (Å²) in [5.41, 5.74) is 8.74. The minimum Gasteiger partial charge on any atom is -0.494 e. The predicted octanol–water partition coefficient (Wildman–Crippen LogP) is 2.72. The normalized spacial score (nSPS) is 10.2. The summed E-state index contributed by atoms with van der Waals surface area (Å²) < 4.78 is 5.46. The maximum Gasteiger partial charge on any atom is 0.123 e. The largest absolute Gasteiger partial charge is 0.494 e. The van der Waals surface area contributed by atoms with E-state index in [1.807, 2.05) is 37.4 Å². The molecule has 0 unspecified atom stereocenters. The molecule has 0 saturated heterocycles. The second-order valence-corrected chi connectivity index (χ2v) is 4.26. The van der Waals surface area contributed by atoms with Crippen LogP contribution >= 0.6 is 0 Å². The van der Waals surface area contributed by atoms with Gasteiger partial charge in [-0.2, -0.15) is 0 Å². The molecule has 0 spiro atoms. The first-order chi connectivity index (χ1) is 9.28. The fourth-order valence-electron chi connectivity index (χ4n) is 1.87. The minimum absolute atomic E-state index is 0.637. The molecule has 1 aromatic carbocycles. The van der Waals surface area contributed by atoms with Gasteiger partial charge in [0.25, 0.3) is 0 Å². The van der Waals surface area contributed by atoms with Gasteiger partial charge in [-0.3, -0.25) is 4.98 Å². The number of ether oxygens (including phenoxy) is 1. The van der Waals surface area contributed by atoms with E-state index >= 15 is 0 Å². The van der Waals surface area contributed by atoms with Gasteiger partial charge < -0.3 is 15.8 Å². The van der Waals surface area contributed by atoms with E-state index in [0.717, 1.165) is 24.4 Å². The van der Waals surface area contributed by atoms with Gasteiger partial charge in [-0.15, -0.1) is 0 Å². The van der Waals surface area contributed by atoms with Crippen LogP contribution in [0.2, 0.25) is 0 Å². The molecule has 100 valence electrons. The van der Waals surface area contributed by atoms with Crippen molar-refractivity contribution in [2.75, 3.05) is 24.2 Å². The second kappa shape index (κ2) is 6.64. The topological polar surface area (TPSA) is 60.2 Å². The molecule has 1 aromatic heterocycles. The van der Waals surface area contributed by atoms with Crippen molar-refractivity contribution < 1.29 is 4.74 Å². The Morgan fingerprint density at radius 1 is 1.32 bits per heavy atom. The van der Waals surface area contributed by atoms with Crippen LogP contribution in [0.15, 0.2) is 42.7 Å². The molecule has 0 bridgehead atoms. The molecule has 0 amide bonds. The summed E-state index contributed by atoms with van der Waals surface area (Å²) in [6.45, 7) is 3.43. The Labute approximate surface area is 113 Å². The standard InChI is InChI=1S/C15H19N3O/c1-2-19-15-9-13(16)8-14(10-15)18-7-5-12-4-3-6-17-11-12/h3-4,6,8-11,18H,2,5,7,16H2,1H3. The summed E-state index contributed by atoms with van der Waals surface area (Å²) in [4.78, 5) is 4.10. The summed E-state index contributed by atoms with van der Waals surface area (Å²) in [5, 5.41) is 3.34. The van der Waals surface area contributed by atoms with Crippen molar-refractivity contribution in [3.8, 4) is 5.75 Å². The Morgan fingerprint density at radius 3 is 2.95 bits per heavy atom. The van der Waals surface area contributed by atoms with Crippen LogP contribution < -0.4 is 15.8 Å². The number of anilines is 2. The second-order valence-electron chi connectivity index (χ2n) is 4.26. The van der Waals surface area contributed by atoms with Gasteiger partial charge in [0.1, 0.15) is 5.75 Å². The Balaban J connectivity index is 1.92. The highest BCUT2D eigenvalue weighted by atomic mass is 16.5. The lowest BCUT2D eigenvalue weighted by molar-refractivity contribution is 0.340. The van der Waals surface area contributed by atoms with Crippen molar-refractivity contribution in [1.29, 1.82) is 0 Å². The van der Waals surface area contributed by atoms with Gasteiger partial charge in [-0.05, 0) is 31.0 Å². The molecule has 2 aromatic rings. The third-order valence-corrected chi connectivity index (χ3v) is 2.71. The average Bonchev–Trinajstić information content (AvgIpc) is 2.40. The van der Waals surface area contributed by atoms with Crippen LogP contribution in [-0.4, -0.2) is 18.1 Å². The van der Waals surface area contributed by atoms with Crippen LogP contribution in [0.1, 0.15) is 12.5 Å². The van der Waals surface area contributed by atoms with E-state index in [4.69, 9.17) is 10.5 Å². The number of benzene rings is 1. The average molecular weight is 257 g/mol. The monoisotopic (exact) mass is 257 g/mol. The third-order valence-electron chi connectivity index (χ3n) is 2.71. The highest BCUT2D eigenvalue weighted by Crippen LogP contribution is 2.22. The Morgan fingerprint density at radius 2 is 2.21 bits per heavy atom. The van der Waals surface area contributed by atoms with Gasteiger partial charge in [0, 0.05) is 42.4 Å². The molecule has 4 nitrogen and oxygen atoms in total. The Hall–Kier alpha value is -2.23. The van der Waals surface area contributed by atoms with Crippen LogP contribution in [0.4, 0.5) is 11.4 Å². The summed E-state index contributed by atoms with van der Waals surface area (Å²) in [6.07, 6.45) is 4.59. The van der Waals surface area contributed by atoms with E-state index in [-0.39, 0.29) is 0 Å². The molecule has 19 heavy (non-hydrogen) atoms. The zero-order valence-corrected chi connectivity index (χ0v) is 11.1. The van der Waals surface area contributed by atoms with Crippen molar-refractivity contribution in [3.05, 3.63) is 48.3 Å². The number of nitrogen functional groups attached to an aromatic ring is 1. The molecule has 0 aliphatic heterocycles. The van der Waals surface area contributed by atoms with E-state index < -0.39 is 0 Å². The van der Waals surface area contributed by atoms with Gasteiger partial charge in [0.15, 0.2) is 0 Å². The lowest BCUT2D eigenvalue weighted by Crippen LogP contribution is -2.06. The number of hydrogen-bond donors (Lipinski definition) is 2. The molecule has 0 fully saturated rings. The smallest absolute Gasteiger partial charge is 0.123 e. The third kappa shape index (κ3) is 4.17. The maximum absolute atomic E-state index is 5.84. The van der Waals surface area contributed by atoms with Crippen LogP contribution in [0.5, 0.6) is 5.75 Å². The summed E-state index contributed by atoms with van der Waals surface area (Å²) in [6, 6.07) is 9.72. The number of nitrogens with zero attached hydrogens (tertiary/aromatic N) is 1. The highest BCUT2D eigenvalue weighted by Gasteiger charge is 2.00. The molecule has 0 aliphatic rings. The summed E-state index contributed by atoms with van der Waals surface area (Å²) in [7, 11) is 0. The van der Waals surface area contributed by atoms with E-state index in [1.54, 1.807) is 6.20 Å². The van der Waals surface area contributed by atoms with Crippen molar-refractivity contribution >= 4 is 11.4 Å². The molecule has 1 heterocycles. The fourth-order valence-corrected chi connectivity index (χ4v) is 1.87. The highest BCUT2D eigenvalue weighted by molar-refractivity contribution is 5.59. The minimum atomic E-state index is 0.637. The van der Waals surface area contributed by atoms with E-state index in [1.165, 1.54) is 5.56 Å². The van der Waals surface area contributed by atoms with Crippen molar-refractivity contribution in [2.45, 2.75) is 13.3 Å². The summed E-state index contributed by atoms with van der Waals surface area (Å²) >= 11 is 0. The Bertz CT molecular complexity index is 514. The zero-order valence-electron chi connectivity index (χ0n) is 11.1. The lowest BCUT2D eigenvalue weighted by atomic mass is 10.2. The van der Waals surface area contributed by atoms with Gasteiger partial charge in [0.05, 0.1) is 6.61 Å². The Kier molecular flexibility index (Phi) is 4.61. The molecule has 2 rings (SSSR count). The molecule has 3 N–H and O–H groups in total. The van der Waals surface area contributed by atoms with Crippen LogP contribution in [0.3, 0.4) is 0 Å². The number of aromatic nitrogens is 1. The quantitative estimate of drug-likeness (QED) is 0.781. The predicted molar refractivity (Wildman–Crippen MR) is 78.5 cm³/mol. The molecule has 0 radical (unpaired) electrons. The van der Waals surface area contributed by atoms with Gasteiger partial charge in [0.2, 0.25) is 0 Å². The van der Waals surface area contributed by atoms with Gasteiger partial charge in [-0.1, -0.05) is 6.07 Å². The lowest BCUT2D eigenvalue weighted by Gasteiger charge is -2.10. The molecule has 0 saturated carbocycles. The number of nitrogens with two attached hydrogens (primary N) is 1. The summed E-state index contributed by atoms with van der Waals surface area (Å²) in [5.74, 6) is 0.798. The fraction of sp³-hybridized carbons (Fsp3) is 0.267. The maximum atomic E-state index is 5.84. The first-order valence-corrected chi connectivity index (χ1v) is 6.44. The number of pyridine rings is 1. The van der Waals surface area contributed by atoms with Gasteiger partial charge in [-0.25, -0.2) is 0 Å². The van der Waals surface area contributed by atoms with Crippen LogP contribution in [0.25, 0.3) is 0 Å². The molecule has 0 atom stereocenters. The molecule has 4 heteroatoms. The van der Waals surface area contributed by atoms with Crippen LogP contribution in [0, 0.1) is 0 Å². The number of rotatable bonds is 6. The van der Waals surface area contributed by atoms with Gasteiger partial charge >= 0.3 is 0 Å². The van der Waals surface area contributed by atoms with Crippen molar-refractivity contribution in [1.82, 2.24) is 4.98 Å².